The number of nitro groups is 1. The van der Waals surface area contributed by atoms with Crippen molar-refractivity contribution in [1.29, 1.82) is 0 Å². The predicted molar refractivity (Wildman–Crippen MR) is 70.5 cm³/mol. The predicted octanol–water partition coefficient (Wildman–Crippen LogP) is 2.99. The van der Waals surface area contributed by atoms with Crippen molar-refractivity contribution in [2.45, 2.75) is 38.9 Å². The van der Waals surface area contributed by atoms with E-state index in [-0.39, 0.29) is 20.9 Å². The second-order valence-corrected chi connectivity index (χ2v) is 6.40. The summed E-state index contributed by atoms with van der Waals surface area (Å²) in [6.07, 6.45) is 0.594. The lowest BCUT2D eigenvalue weighted by atomic mass is 9.89. The molecule has 0 aliphatic carbocycles. The van der Waals surface area contributed by atoms with Gasteiger partial charge in [0.2, 0.25) is 0 Å². The van der Waals surface area contributed by atoms with E-state index in [1.165, 1.54) is 0 Å². The molecule has 0 fully saturated rings. The van der Waals surface area contributed by atoms with E-state index in [9.17, 15) is 10.1 Å². The molecule has 0 bridgehead atoms. The third kappa shape index (κ3) is 3.06. The highest BCUT2D eigenvalue weighted by molar-refractivity contribution is 9.09. The maximum atomic E-state index is 11.0. The van der Waals surface area contributed by atoms with Crippen LogP contribution < -0.4 is 0 Å². The van der Waals surface area contributed by atoms with Gasteiger partial charge in [-0.2, -0.15) is 5.10 Å². The monoisotopic (exact) mass is 303 g/mol. The maximum absolute atomic E-state index is 11.0. The lowest BCUT2D eigenvalue weighted by molar-refractivity contribution is -0.386. The van der Waals surface area contributed by atoms with Crippen molar-refractivity contribution in [1.82, 2.24) is 9.78 Å². The highest BCUT2D eigenvalue weighted by atomic mass is 79.9. The Labute approximate surface area is 109 Å². The van der Waals surface area contributed by atoms with Crippen molar-refractivity contribution in [3.05, 3.63) is 21.5 Å². The maximum Gasteiger partial charge on any atom is 0.313 e. The van der Waals surface area contributed by atoms with Gasteiger partial charge in [0.25, 0.3) is 0 Å². The van der Waals surface area contributed by atoms with Gasteiger partial charge in [-0.1, -0.05) is 36.7 Å². The molecule has 6 heteroatoms. The number of rotatable bonds is 3. The van der Waals surface area contributed by atoms with Gasteiger partial charge in [0.15, 0.2) is 0 Å². The van der Waals surface area contributed by atoms with E-state index in [1.807, 2.05) is 0 Å². The Hall–Kier alpha value is -0.910. The van der Waals surface area contributed by atoms with E-state index in [0.29, 0.717) is 17.8 Å². The Morgan fingerprint density at radius 1 is 1.53 bits per heavy atom. The average molecular weight is 304 g/mol. The molecule has 1 aromatic heterocycles. The van der Waals surface area contributed by atoms with E-state index < -0.39 is 0 Å². The van der Waals surface area contributed by atoms with Crippen molar-refractivity contribution in [3.8, 4) is 0 Å². The zero-order valence-corrected chi connectivity index (χ0v) is 12.4. The lowest BCUT2D eigenvalue weighted by Crippen LogP contribution is -2.23. The Kier molecular flexibility index (Phi) is 3.96. The van der Waals surface area contributed by atoms with Crippen LogP contribution in [0.2, 0.25) is 0 Å². The van der Waals surface area contributed by atoms with Gasteiger partial charge in [-0.3, -0.25) is 14.8 Å². The lowest BCUT2D eigenvalue weighted by Gasteiger charge is -2.25. The molecule has 0 radical (unpaired) electrons. The summed E-state index contributed by atoms with van der Waals surface area (Å²) in [5, 5.41) is 15.1. The molecule has 17 heavy (non-hydrogen) atoms. The van der Waals surface area contributed by atoms with Gasteiger partial charge < -0.3 is 0 Å². The molecule has 0 aliphatic rings. The molecule has 1 heterocycles. The Balaban J connectivity index is 3.10. The van der Waals surface area contributed by atoms with E-state index >= 15 is 0 Å². The molecule has 0 aliphatic heterocycles. The van der Waals surface area contributed by atoms with Crippen LogP contribution in [0.25, 0.3) is 0 Å². The number of nitrogens with zero attached hydrogens (tertiary/aromatic N) is 3. The molecule has 0 saturated carbocycles. The highest BCUT2D eigenvalue weighted by Crippen LogP contribution is 2.32. The average Bonchev–Trinajstić information content (AvgIpc) is 2.39. The smallest absolute Gasteiger partial charge is 0.265 e. The SMILES string of the molecule is Cc1nn(C)c(CC(Br)C(C)(C)C)c1[N+](=O)[O-]. The molecule has 0 amide bonds. The molecule has 1 atom stereocenters. The number of aromatic nitrogens is 2. The second-order valence-electron chi connectivity index (χ2n) is 5.30. The number of aryl methyl sites for hydroxylation is 2. The van der Waals surface area contributed by atoms with E-state index in [0.717, 1.165) is 0 Å². The first kappa shape index (κ1) is 14.2. The molecule has 1 aromatic rings. The molecule has 1 rings (SSSR count). The third-order valence-corrected chi connectivity index (χ3v) is 4.50. The molecule has 1 unspecified atom stereocenters. The summed E-state index contributed by atoms with van der Waals surface area (Å²) in [6, 6.07) is 0. The van der Waals surface area contributed by atoms with Gasteiger partial charge in [-0.05, 0) is 12.3 Å². The quantitative estimate of drug-likeness (QED) is 0.490. The molecule has 0 aromatic carbocycles. The van der Waals surface area contributed by atoms with E-state index in [1.54, 1.807) is 18.7 Å². The topological polar surface area (TPSA) is 61.0 Å². The highest BCUT2D eigenvalue weighted by Gasteiger charge is 2.29. The Morgan fingerprint density at radius 2 is 2.06 bits per heavy atom. The summed E-state index contributed by atoms with van der Waals surface area (Å²) in [6.45, 7) is 7.96. The van der Waals surface area contributed by atoms with Gasteiger partial charge in [0.1, 0.15) is 11.4 Å². The van der Waals surface area contributed by atoms with Gasteiger partial charge in [0.05, 0.1) is 4.92 Å². The first-order valence-electron chi connectivity index (χ1n) is 5.45. The van der Waals surface area contributed by atoms with Crippen molar-refractivity contribution in [2.24, 2.45) is 12.5 Å². The van der Waals surface area contributed by atoms with Crippen molar-refractivity contribution in [3.63, 3.8) is 0 Å². The molecule has 96 valence electrons. The molecule has 0 spiro atoms. The van der Waals surface area contributed by atoms with Crippen LogP contribution in [0.3, 0.4) is 0 Å². The molecular weight excluding hydrogens is 286 g/mol. The standard InChI is InChI=1S/C11H18BrN3O2/c1-7-10(15(16)17)8(14(5)13-7)6-9(12)11(2,3)4/h9H,6H2,1-5H3. The Bertz CT molecular complexity index is 435. The minimum atomic E-state index is -0.347. The second kappa shape index (κ2) is 4.76. The minimum absolute atomic E-state index is 0.0477. The Morgan fingerprint density at radius 3 is 2.47 bits per heavy atom. The summed E-state index contributed by atoms with van der Waals surface area (Å²) in [5.41, 5.74) is 1.33. The van der Waals surface area contributed by atoms with Crippen LogP contribution in [0.5, 0.6) is 0 Å². The fourth-order valence-electron chi connectivity index (χ4n) is 1.64. The summed E-state index contributed by atoms with van der Waals surface area (Å²) in [4.78, 5) is 10.8. The number of halogens is 1. The van der Waals surface area contributed by atoms with Gasteiger partial charge in [-0.25, -0.2) is 0 Å². The summed E-state index contributed by atoms with van der Waals surface area (Å²) in [5.74, 6) is 0. The molecule has 5 nitrogen and oxygen atoms in total. The fraction of sp³-hybridized carbons (Fsp3) is 0.727. The van der Waals surface area contributed by atoms with Gasteiger partial charge >= 0.3 is 5.69 Å². The molecule has 0 saturated heterocycles. The van der Waals surface area contributed by atoms with Crippen LogP contribution in [0.1, 0.15) is 32.2 Å². The first-order valence-corrected chi connectivity index (χ1v) is 6.37. The van der Waals surface area contributed by atoms with Crippen molar-refractivity contribution >= 4 is 21.6 Å². The molecule has 0 N–H and O–H groups in total. The van der Waals surface area contributed by atoms with Crippen LogP contribution in [0.4, 0.5) is 5.69 Å². The number of hydrogen-bond donors (Lipinski definition) is 0. The van der Waals surface area contributed by atoms with E-state index in [2.05, 4.69) is 41.8 Å². The zero-order valence-electron chi connectivity index (χ0n) is 10.8. The van der Waals surface area contributed by atoms with Crippen LogP contribution in [0, 0.1) is 22.5 Å². The first-order chi connectivity index (χ1) is 7.64. The van der Waals surface area contributed by atoms with Crippen LogP contribution in [-0.2, 0) is 13.5 Å². The van der Waals surface area contributed by atoms with Crippen LogP contribution in [-0.4, -0.2) is 19.5 Å². The largest absolute Gasteiger partial charge is 0.313 e. The third-order valence-electron chi connectivity index (χ3n) is 2.80. The normalized spacial score (nSPS) is 13.8. The van der Waals surface area contributed by atoms with Crippen LogP contribution >= 0.6 is 15.9 Å². The van der Waals surface area contributed by atoms with Gasteiger partial charge in [-0.15, -0.1) is 0 Å². The molecular formula is C11H18BrN3O2. The number of alkyl halides is 1. The van der Waals surface area contributed by atoms with Crippen LogP contribution in [0.15, 0.2) is 0 Å². The zero-order chi connectivity index (χ0) is 13.4. The van der Waals surface area contributed by atoms with E-state index in [4.69, 9.17) is 0 Å². The van der Waals surface area contributed by atoms with Gasteiger partial charge in [0, 0.05) is 18.3 Å². The summed E-state index contributed by atoms with van der Waals surface area (Å²) in [7, 11) is 1.75. The van der Waals surface area contributed by atoms with Crippen molar-refractivity contribution < 1.29 is 4.92 Å². The summed E-state index contributed by atoms with van der Waals surface area (Å²) < 4.78 is 1.60. The summed E-state index contributed by atoms with van der Waals surface area (Å²) >= 11 is 3.60. The minimum Gasteiger partial charge on any atom is -0.265 e. The van der Waals surface area contributed by atoms with Crippen molar-refractivity contribution in [2.75, 3.05) is 0 Å². The number of hydrogen-bond acceptors (Lipinski definition) is 3. The fourth-order valence-corrected chi connectivity index (χ4v) is 1.94.